The van der Waals surface area contributed by atoms with Crippen LogP contribution in [0, 0.1) is 29.1 Å². The Balaban J connectivity index is 1.72. The van der Waals surface area contributed by atoms with Crippen molar-refractivity contribution in [2.24, 2.45) is 29.1 Å². The van der Waals surface area contributed by atoms with Crippen LogP contribution in [0.1, 0.15) is 85.5 Å². The first-order chi connectivity index (χ1) is 14.1. The number of aliphatic hydroxyl groups is 3. The molecule has 0 aromatic carbocycles. The van der Waals surface area contributed by atoms with Gasteiger partial charge in [0.25, 0.3) is 0 Å². The van der Waals surface area contributed by atoms with E-state index in [1.807, 2.05) is 0 Å². The molecule has 0 amide bonds. The van der Waals surface area contributed by atoms with E-state index in [4.69, 9.17) is 0 Å². The summed E-state index contributed by atoms with van der Waals surface area (Å²) >= 11 is 0. The Morgan fingerprint density at radius 2 is 1.87 bits per heavy atom. The summed E-state index contributed by atoms with van der Waals surface area (Å²) < 4.78 is 0. The van der Waals surface area contributed by atoms with Gasteiger partial charge in [0.05, 0.1) is 18.3 Å². The van der Waals surface area contributed by atoms with Crippen LogP contribution in [-0.4, -0.2) is 33.6 Å². The van der Waals surface area contributed by atoms with Crippen molar-refractivity contribution in [1.82, 2.24) is 0 Å². The van der Waals surface area contributed by atoms with Crippen molar-refractivity contribution in [3.8, 4) is 0 Å². The van der Waals surface area contributed by atoms with E-state index < -0.39 is 12.2 Å². The molecule has 3 nitrogen and oxygen atoms in total. The van der Waals surface area contributed by atoms with E-state index in [0.717, 1.165) is 36.3 Å². The van der Waals surface area contributed by atoms with E-state index >= 15 is 0 Å². The van der Waals surface area contributed by atoms with Gasteiger partial charge in [0.2, 0.25) is 0 Å². The first-order valence-electron chi connectivity index (χ1n) is 12.3. The monoisotopic (exact) mass is 416 g/mol. The van der Waals surface area contributed by atoms with Gasteiger partial charge in [-0.25, -0.2) is 0 Å². The largest absolute Gasteiger partial charge is 0.393 e. The van der Waals surface area contributed by atoms with Crippen molar-refractivity contribution < 1.29 is 15.3 Å². The van der Waals surface area contributed by atoms with Gasteiger partial charge in [-0.05, 0) is 91.6 Å². The van der Waals surface area contributed by atoms with E-state index in [1.165, 1.54) is 25.7 Å². The molecule has 3 N–H and O–H groups in total. The molecule has 0 spiro atoms. The highest BCUT2D eigenvalue weighted by molar-refractivity contribution is 5.38. The van der Waals surface area contributed by atoms with Gasteiger partial charge in [-0.3, -0.25) is 0 Å². The van der Waals surface area contributed by atoms with Crippen molar-refractivity contribution in [3.05, 3.63) is 35.5 Å². The summed E-state index contributed by atoms with van der Waals surface area (Å²) in [6.45, 7) is 13.2. The summed E-state index contributed by atoms with van der Waals surface area (Å²) in [4.78, 5) is 0. The quantitative estimate of drug-likeness (QED) is 0.531. The molecule has 3 aliphatic carbocycles. The molecule has 2 unspecified atom stereocenters. The van der Waals surface area contributed by atoms with Gasteiger partial charge >= 0.3 is 0 Å². The summed E-state index contributed by atoms with van der Waals surface area (Å²) in [6.07, 6.45) is 12.4. The molecule has 0 bridgehead atoms. The zero-order valence-corrected chi connectivity index (χ0v) is 19.6. The fraction of sp³-hybridized carbons (Fsp3) is 0.778. The topological polar surface area (TPSA) is 60.7 Å². The molecular weight excluding hydrogens is 372 g/mol. The highest BCUT2D eigenvalue weighted by atomic mass is 16.3. The van der Waals surface area contributed by atoms with Crippen LogP contribution >= 0.6 is 0 Å². The van der Waals surface area contributed by atoms with Crippen LogP contribution in [0.4, 0.5) is 0 Å². The molecule has 0 aliphatic heterocycles. The lowest BCUT2D eigenvalue weighted by Gasteiger charge is -2.44. The first kappa shape index (κ1) is 23.8. The van der Waals surface area contributed by atoms with Gasteiger partial charge in [0.1, 0.15) is 0 Å². The normalized spacial score (nSPS) is 39.5. The number of fused-ring (bicyclic) bond motifs is 1. The Labute approximate surface area is 184 Å². The zero-order chi connectivity index (χ0) is 22.1. The highest BCUT2D eigenvalue weighted by Crippen LogP contribution is 2.60. The molecular formula is C27H44O3. The minimum absolute atomic E-state index is 0.180. The Hall–Kier alpha value is -0.900. The Morgan fingerprint density at radius 3 is 2.57 bits per heavy atom. The van der Waals surface area contributed by atoms with Gasteiger partial charge in [-0.1, -0.05) is 52.0 Å². The lowest BCUT2D eigenvalue weighted by Crippen LogP contribution is -2.36. The summed E-state index contributed by atoms with van der Waals surface area (Å²) in [5.41, 5.74) is 3.69. The van der Waals surface area contributed by atoms with Gasteiger partial charge < -0.3 is 15.3 Å². The van der Waals surface area contributed by atoms with Gasteiger partial charge in [0, 0.05) is 6.42 Å². The third-order valence-corrected chi connectivity index (χ3v) is 8.68. The van der Waals surface area contributed by atoms with Crippen LogP contribution in [0.2, 0.25) is 0 Å². The lowest BCUT2D eigenvalue weighted by molar-refractivity contribution is 0.0717. The molecule has 3 aliphatic rings. The maximum absolute atomic E-state index is 10.3. The molecule has 3 rings (SSSR count). The van der Waals surface area contributed by atoms with Crippen molar-refractivity contribution >= 4 is 0 Å². The van der Waals surface area contributed by atoms with E-state index in [0.29, 0.717) is 36.0 Å². The molecule has 3 heteroatoms. The average Bonchev–Trinajstić information content (AvgIpc) is 3.04. The lowest BCUT2D eigenvalue weighted by atomic mass is 9.60. The van der Waals surface area contributed by atoms with E-state index in [-0.39, 0.29) is 6.10 Å². The minimum Gasteiger partial charge on any atom is -0.393 e. The second-order valence-electron chi connectivity index (χ2n) is 11.0. The van der Waals surface area contributed by atoms with Crippen molar-refractivity contribution in [3.63, 3.8) is 0 Å². The summed E-state index contributed by atoms with van der Waals surface area (Å²) in [6, 6.07) is 0. The third kappa shape index (κ3) is 4.95. The minimum atomic E-state index is -0.618. The molecule has 0 aromatic heterocycles. The van der Waals surface area contributed by atoms with Crippen LogP contribution in [0.25, 0.3) is 0 Å². The number of hydrogen-bond donors (Lipinski definition) is 3. The highest BCUT2D eigenvalue weighted by Gasteiger charge is 2.50. The van der Waals surface area contributed by atoms with Gasteiger partial charge in [-0.2, -0.15) is 0 Å². The van der Waals surface area contributed by atoms with Crippen molar-refractivity contribution in [2.45, 2.75) is 104 Å². The molecule has 7 atom stereocenters. The molecule has 3 fully saturated rings. The average molecular weight is 417 g/mol. The molecule has 0 radical (unpaired) electrons. The third-order valence-electron chi connectivity index (χ3n) is 8.68. The number of rotatable bonds is 6. The van der Waals surface area contributed by atoms with Gasteiger partial charge in [0.15, 0.2) is 0 Å². The Morgan fingerprint density at radius 1 is 1.13 bits per heavy atom. The Bertz CT molecular complexity index is 676. The number of aliphatic hydroxyl groups excluding tert-OH is 3. The van der Waals surface area contributed by atoms with Crippen LogP contribution in [0.15, 0.2) is 35.5 Å². The smallest absolute Gasteiger partial charge is 0.0811 e. The zero-order valence-electron chi connectivity index (χ0n) is 19.6. The van der Waals surface area contributed by atoms with E-state index in [1.54, 1.807) is 5.57 Å². The fourth-order valence-corrected chi connectivity index (χ4v) is 6.65. The predicted molar refractivity (Wildman–Crippen MR) is 124 cm³/mol. The van der Waals surface area contributed by atoms with E-state index in [9.17, 15) is 15.3 Å². The van der Waals surface area contributed by atoms with Crippen molar-refractivity contribution in [1.29, 1.82) is 0 Å². The summed E-state index contributed by atoms with van der Waals surface area (Å²) in [7, 11) is 0. The summed E-state index contributed by atoms with van der Waals surface area (Å²) in [5.74, 6) is 2.35. The van der Waals surface area contributed by atoms with Crippen LogP contribution in [0.3, 0.4) is 0 Å². The maximum atomic E-state index is 10.3. The first-order valence-corrected chi connectivity index (χ1v) is 12.3. The molecule has 0 heterocycles. The number of allylic oxidation sites excluding steroid dienone is 3. The standard InChI is InChI=1S/C27H44O3/c1-17(2)25(29)13-8-18(3)23-11-12-24-20(7-6-14-27(23,24)5)9-10-21-15-22(28)16-26(30)19(21)4/h9-10,17-18,22-26,28-30H,4,6-8,11-16H2,1-3,5H3/b20-9?,21-10-/t18-,22-,23-,24?,25?,26-,27-/m1/s1. The summed E-state index contributed by atoms with van der Waals surface area (Å²) in [5, 5.41) is 30.4. The van der Waals surface area contributed by atoms with Gasteiger partial charge in [-0.15, -0.1) is 0 Å². The SMILES string of the molecule is C=C1/C(=C\C=C2CCC[C@@]3(C)C2CC[C@@H]3[C@H](C)CCC(O)C(C)C)C[C@@H](O)C[C@H]1O. The molecule has 0 aromatic rings. The van der Waals surface area contributed by atoms with Crippen LogP contribution < -0.4 is 0 Å². The predicted octanol–water partition coefficient (Wildman–Crippen LogP) is 5.56. The second kappa shape index (κ2) is 9.71. The maximum Gasteiger partial charge on any atom is 0.0811 e. The van der Waals surface area contributed by atoms with E-state index in [2.05, 4.69) is 46.4 Å². The van der Waals surface area contributed by atoms with Crippen molar-refractivity contribution in [2.75, 3.05) is 0 Å². The molecule has 0 saturated heterocycles. The Kier molecular flexibility index (Phi) is 7.69. The molecule has 170 valence electrons. The van der Waals surface area contributed by atoms with Crippen LogP contribution in [-0.2, 0) is 0 Å². The fourth-order valence-electron chi connectivity index (χ4n) is 6.65. The second-order valence-corrected chi connectivity index (χ2v) is 11.0. The number of hydrogen-bond acceptors (Lipinski definition) is 3. The molecule has 30 heavy (non-hydrogen) atoms. The van der Waals surface area contributed by atoms with Crippen LogP contribution in [0.5, 0.6) is 0 Å². The molecule has 3 saturated carbocycles.